The topological polar surface area (TPSA) is 84.9 Å². The van der Waals surface area contributed by atoms with Crippen LogP contribution in [0.4, 0.5) is 17.6 Å². The summed E-state index contributed by atoms with van der Waals surface area (Å²) < 4.78 is 59.2. The van der Waals surface area contributed by atoms with Gasteiger partial charge in [0.15, 0.2) is 12.4 Å². The number of hydrogen-bond donors (Lipinski definition) is 1. The molecule has 2 amide bonds. The Kier molecular flexibility index (Phi) is 6.06. The number of alkyl halides is 3. The smallest absolute Gasteiger partial charge is 0.484 e. The van der Waals surface area contributed by atoms with Gasteiger partial charge in [-0.05, 0) is 44.2 Å². The maximum absolute atomic E-state index is 13.4. The van der Waals surface area contributed by atoms with Crippen molar-refractivity contribution in [2.45, 2.75) is 55.6 Å². The van der Waals surface area contributed by atoms with E-state index in [-0.39, 0.29) is 42.5 Å². The molecule has 4 aliphatic rings. The first-order valence-corrected chi connectivity index (χ1v) is 10.7. The number of ketones is 1. The third-order valence-corrected chi connectivity index (χ3v) is 6.89. The third kappa shape index (κ3) is 4.93. The second-order valence-electron chi connectivity index (χ2n) is 9.00. The van der Waals surface area contributed by atoms with E-state index in [1.807, 2.05) is 0 Å². The number of nitrogens with one attached hydrogen (secondary N) is 1. The molecule has 1 aromatic carbocycles. The van der Waals surface area contributed by atoms with E-state index >= 15 is 0 Å². The number of ether oxygens (including phenoxy) is 2. The van der Waals surface area contributed by atoms with Crippen molar-refractivity contribution in [1.82, 2.24) is 10.2 Å². The van der Waals surface area contributed by atoms with E-state index in [9.17, 15) is 31.9 Å². The average molecular weight is 493 g/mol. The van der Waals surface area contributed by atoms with Crippen LogP contribution in [0.5, 0.6) is 5.75 Å². The molecule has 2 bridgehead atoms. The number of hydrogen-bond acceptors (Lipinski definition) is 5. The summed E-state index contributed by atoms with van der Waals surface area (Å²) in [6, 6.07) is 3.83. The fourth-order valence-corrected chi connectivity index (χ4v) is 5.06. The Morgan fingerprint density at radius 3 is 2.48 bits per heavy atom. The molecule has 0 aliphatic heterocycles. The summed E-state index contributed by atoms with van der Waals surface area (Å²) in [5.74, 6) is -1.76. The molecule has 4 fully saturated rings. The Labute approximate surface area is 191 Å². The fraction of sp³-hybridized carbons (Fsp3) is 0.571. The Hall–Kier alpha value is -2.40. The summed E-state index contributed by atoms with van der Waals surface area (Å²) in [6.07, 6.45) is -3.81. The largest absolute Gasteiger partial charge is 0.522 e. The average Bonchev–Trinajstić information content (AvgIpc) is 2.64. The number of carbonyl (C=O) groups is 3. The van der Waals surface area contributed by atoms with Gasteiger partial charge < -0.3 is 15.0 Å². The van der Waals surface area contributed by atoms with Crippen LogP contribution in [0.1, 0.15) is 32.1 Å². The highest BCUT2D eigenvalue weighted by molar-refractivity contribution is 6.30. The van der Waals surface area contributed by atoms with Crippen LogP contribution in [0.3, 0.4) is 0 Å². The zero-order chi connectivity index (χ0) is 24.0. The number of carbonyl (C=O) groups excluding carboxylic acids is 3. The maximum atomic E-state index is 13.4. The Morgan fingerprint density at radius 2 is 1.91 bits per heavy atom. The van der Waals surface area contributed by atoms with Crippen LogP contribution in [0.15, 0.2) is 18.2 Å². The summed E-state index contributed by atoms with van der Waals surface area (Å²) in [6.45, 7) is -0.503. The molecular formula is C21H21ClF4N2O5. The maximum Gasteiger partial charge on any atom is 0.522 e. The molecule has 4 aliphatic carbocycles. The van der Waals surface area contributed by atoms with E-state index in [0.29, 0.717) is 25.7 Å². The van der Waals surface area contributed by atoms with E-state index < -0.39 is 41.2 Å². The molecule has 0 radical (unpaired) electrons. The monoisotopic (exact) mass is 492 g/mol. The quantitative estimate of drug-likeness (QED) is 0.401. The molecule has 180 valence electrons. The summed E-state index contributed by atoms with van der Waals surface area (Å²) in [5, 5.41) is 2.79. The molecule has 1 N–H and O–H groups in total. The Bertz CT molecular complexity index is 947. The van der Waals surface area contributed by atoms with Crippen LogP contribution in [-0.2, 0) is 19.1 Å². The number of benzene rings is 1. The van der Waals surface area contributed by atoms with Crippen molar-refractivity contribution in [1.29, 1.82) is 0 Å². The highest BCUT2D eigenvalue weighted by atomic mass is 35.5. The van der Waals surface area contributed by atoms with Gasteiger partial charge in [-0.3, -0.25) is 19.1 Å². The van der Waals surface area contributed by atoms with Crippen molar-refractivity contribution in [3.8, 4) is 5.75 Å². The van der Waals surface area contributed by atoms with Crippen molar-refractivity contribution < 1.29 is 41.4 Å². The summed E-state index contributed by atoms with van der Waals surface area (Å²) >= 11 is 5.60. The van der Waals surface area contributed by atoms with Crippen LogP contribution in [0.25, 0.3) is 0 Å². The van der Waals surface area contributed by atoms with Crippen molar-refractivity contribution in [2.24, 2.45) is 5.92 Å². The van der Waals surface area contributed by atoms with Crippen LogP contribution in [0, 0.1) is 11.7 Å². The van der Waals surface area contributed by atoms with Crippen LogP contribution < -0.4 is 10.1 Å². The lowest BCUT2D eigenvalue weighted by atomic mass is 9.43. The normalized spacial score (nSPS) is 29.7. The second kappa shape index (κ2) is 8.43. The van der Waals surface area contributed by atoms with E-state index in [1.165, 1.54) is 17.0 Å². The van der Waals surface area contributed by atoms with Gasteiger partial charge in [0.2, 0.25) is 6.41 Å². The number of amides is 2. The van der Waals surface area contributed by atoms with Gasteiger partial charge in [0.25, 0.3) is 5.91 Å². The van der Waals surface area contributed by atoms with Crippen molar-refractivity contribution in [2.75, 3.05) is 13.2 Å². The molecule has 4 saturated carbocycles. The van der Waals surface area contributed by atoms with E-state index in [0.717, 1.165) is 6.07 Å². The van der Waals surface area contributed by atoms with Gasteiger partial charge in [-0.1, -0.05) is 11.6 Å². The molecule has 33 heavy (non-hydrogen) atoms. The molecule has 0 heterocycles. The van der Waals surface area contributed by atoms with Crippen LogP contribution >= 0.6 is 11.6 Å². The molecular weight excluding hydrogens is 472 g/mol. The zero-order valence-corrected chi connectivity index (χ0v) is 18.0. The predicted molar refractivity (Wildman–Crippen MR) is 106 cm³/mol. The molecule has 0 spiro atoms. The Morgan fingerprint density at radius 1 is 1.24 bits per heavy atom. The van der Waals surface area contributed by atoms with Gasteiger partial charge in [0.1, 0.15) is 11.6 Å². The summed E-state index contributed by atoms with van der Waals surface area (Å²) in [5.41, 5.74) is -1.02. The molecule has 0 atom stereocenters. The van der Waals surface area contributed by atoms with Crippen LogP contribution in [-0.4, -0.2) is 59.7 Å². The molecule has 1 aromatic rings. The molecule has 0 aromatic heterocycles. The first-order chi connectivity index (χ1) is 15.4. The number of Topliss-reactive ketones (excluding diaryl/α,β-unsaturated/α-hetero) is 1. The number of rotatable bonds is 10. The van der Waals surface area contributed by atoms with Crippen LogP contribution in [0.2, 0.25) is 5.02 Å². The SMILES string of the molecule is O=CN(CC(=O)[C@H]1C[C@@H](OC(F)(F)F)C1)C12CC(NC(=O)COc3ccc(Cl)c(F)c3)(C1)C2. The lowest BCUT2D eigenvalue weighted by molar-refractivity contribution is -0.353. The lowest BCUT2D eigenvalue weighted by Gasteiger charge is -2.72. The zero-order valence-electron chi connectivity index (χ0n) is 17.3. The minimum Gasteiger partial charge on any atom is -0.484 e. The molecule has 5 rings (SSSR count). The first kappa shape index (κ1) is 23.7. The minimum atomic E-state index is -4.73. The molecule has 0 unspecified atom stereocenters. The number of halogens is 5. The third-order valence-electron chi connectivity index (χ3n) is 6.58. The molecule has 0 saturated heterocycles. The highest BCUT2D eigenvalue weighted by Crippen LogP contribution is 2.63. The van der Waals surface area contributed by atoms with Gasteiger partial charge in [-0.15, -0.1) is 13.2 Å². The summed E-state index contributed by atoms with van der Waals surface area (Å²) in [7, 11) is 0. The van der Waals surface area contributed by atoms with E-state index in [1.54, 1.807) is 0 Å². The molecule has 12 heteroatoms. The minimum absolute atomic E-state index is 0.0183. The Balaban J connectivity index is 1.20. The fourth-order valence-electron chi connectivity index (χ4n) is 4.95. The van der Waals surface area contributed by atoms with Crippen molar-refractivity contribution in [3.05, 3.63) is 29.0 Å². The van der Waals surface area contributed by atoms with E-state index in [4.69, 9.17) is 16.3 Å². The second-order valence-corrected chi connectivity index (χ2v) is 9.41. The van der Waals surface area contributed by atoms with Gasteiger partial charge in [-0.2, -0.15) is 0 Å². The van der Waals surface area contributed by atoms with E-state index in [2.05, 4.69) is 10.1 Å². The highest BCUT2D eigenvalue weighted by Gasteiger charge is 2.71. The van der Waals surface area contributed by atoms with Crippen molar-refractivity contribution >= 4 is 29.7 Å². The predicted octanol–water partition coefficient (Wildman–Crippen LogP) is 2.99. The summed E-state index contributed by atoms with van der Waals surface area (Å²) in [4.78, 5) is 37.5. The van der Waals surface area contributed by atoms with Gasteiger partial charge >= 0.3 is 6.36 Å². The van der Waals surface area contributed by atoms with Gasteiger partial charge in [0.05, 0.1) is 17.7 Å². The molecule has 7 nitrogen and oxygen atoms in total. The van der Waals surface area contributed by atoms with Gasteiger partial charge in [0, 0.05) is 23.1 Å². The van der Waals surface area contributed by atoms with Crippen molar-refractivity contribution in [3.63, 3.8) is 0 Å². The first-order valence-electron chi connectivity index (χ1n) is 10.3. The lowest BCUT2D eigenvalue weighted by Crippen LogP contribution is -2.84. The number of nitrogens with zero attached hydrogens (tertiary/aromatic N) is 1. The standard InChI is InChI=1S/C21H21ClF4N2O5/c22-15-2-1-13(5-16(15)23)32-7-18(31)27-19-8-20(9-19,10-19)28(11-29)6-17(30)12-3-14(4-12)33-21(24,25)26/h1-2,5,11-12,14H,3-4,6-10H2,(H,27,31)/t12-,14+,19?,20?. The van der Waals surface area contributed by atoms with Gasteiger partial charge in [-0.25, -0.2) is 4.39 Å².